The van der Waals surface area contributed by atoms with Crippen LogP contribution in [0.3, 0.4) is 0 Å². The second-order valence-electron chi connectivity index (χ2n) is 9.70. The van der Waals surface area contributed by atoms with Gasteiger partial charge in [0, 0.05) is 57.7 Å². The van der Waals surface area contributed by atoms with Gasteiger partial charge in [-0.25, -0.2) is 4.99 Å². The number of aliphatic imine (C=N–C) groups is 1. The maximum atomic E-state index is 13.2. The summed E-state index contributed by atoms with van der Waals surface area (Å²) in [5.41, 5.74) is 10.6. The Balaban J connectivity index is 2.40. The minimum Gasteiger partial charge on any atom is -0.387 e. The monoisotopic (exact) mass is 545 g/mol. The Labute approximate surface area is 238 Å². The van der Waals surface area contributed by atoms with E-state index in [9.17, 15) is 14.4 Å². The van der Waals surface area contributed by atoms with Gasteiger partial charge in [0.1, 0.15) is 5.84 Å². The van der Waals surface area contributed by atoms with Crippen molar-refractivity contribution in [2.75, 3.05) is 33.2 Å². The number of hydrogen-bond donors (Lipinski definition) is 2. The molecule has 0 saturated carbocycles. The first-order chi connectivity index (χ1) is 19.2. The lowest BCUT2D eigenvalue weighted by molar-refractivity contribution is -0.127. The van der Waals surface area contributed by atoms with Crippen molar-refractivity contribution in [3.05, 3.63) is 82.7 Å². The molecule has 1 aromatic carbocycles. The molecule has 2 amide bonds. The first-order valence-corrected chi connectivity index (χ1v) is 13.8. The van der Waals surface area contributed by atoms with Crippen molar-refractivity contribution in [1.29, 1.82) is 0 Å². The quantitative estimate of drug-likeness (QED) is 0.260. The molecule has 8 heteroatoms. The zero-order valence-corrected chi connectivity index (χ0v) is 24.4. The Kier molecular flexibility index (Phi) is 13.4. The molecule has 0 aliphatic carbocycles. The number of carbonyl (C=O) groups excluding carboxylic acids is 3. The normalized spacial score (nSPS) is 13.9. The molecule has 0 atom stereocenters. The molecular formula is C32H43N5O3. The third kappa shape index (κ3) is 10.2. The average Bonchev–Trinajstić information content (AvgIpc) is 3.11. The van der Waals surface area contributed by atoms with Crippen LogP contribution in [-0.4, -0.2) is 67.0 Å². The number of amides is 2. The highest BCUT2D eigenvalue weighted by Gasteiger charge is 2.19. The summed E-state index contributed by atoms with van der Waals surface area (Å²) in [6.07, 6.45) is 16.2. The zero-order valence-electron chi connectivity index (χ0n) is 24.4. The number of nitrogens with zero attached hydrogens (tertiary/aromatic N) is 3. The Morgan fingerprint density at radius 3 is 2.45 bits per heavy atom. The molecule has 1 aliphatic rings. The van der Waals surface area contributed by atoms with Crippen molar-refractivity contribution in [3.63, 3.8) is 0 Å². The summed E-state index contributed by atoms with van der Waals surface area (Å²) in [6, 6.07) is 5.65. The van der Waals surface area contributed by atoms with Crippen molar-refractivity contribution in [3.8, 4) is 0 Å². The van der Waals surface area contributed by atoms with E-state index < -0.39 is 0 Å². The highest BCUT2D eigenvalue weighted by molar-refractivity contribution is 6.00. The Bertz CT molecular complexity index is 1230. The second-order valence-corrected chi connectivity index (χ2v) is 9.70. The van der Waals surface area contributed by atoms with Crippen molar-refractivity contribution < 1.29 is 14.4 Å². The molecule has 214 valence electrons. The van der Waals surface area contributed by atoms with E-state index in [1.807, 2.05) is 78.6 Å². The maximum Gasteiger partial charge on any atom is 0.250 e. The number of allylic oxidation sites excluding steroid dienone is 6. The SMILES string of the molecule is C/C=C\C(=C/C1=CC=C(C(=O)N(CCC)CCC)CC(N)=N1)c1ccc(C=O)c(/C=C\N(C)CCNC(C)=O)c1. The number of rotatable bonds is 14. The molecule has 40 heavy (non-hydrogen) atoms. The molecule has 1 heterocycles. The van der Waals surface area contributed by atoms with Crippen LogP contribution in [0.25, 0.3) is 11.6 Å². The van der Waals surface area contributed by atoms with Crippen LogP contribution < -0.4 is 11.1 Å². The van der Waals surface area contributed by atoms with Crippen molar-refractivity contribution in [1.82, 2.24) is 15.1 Å². The summed E-state index contributed by atoms with van der Waals surface area (Å²) >= 11 is 0. The van der Waals surface area contributed by atoms with Gasteiger partial charge in [0.2, 0.25) is 11.8 Å². The standard InChI is InChI=1S/C32H43N5O3/c1-6-9-25(21-30-13-12-28(22-31(33)35-30)32(40)37(16-7-2)17-8-3)26-10-11-29(23-38)27(20-26)14-18-36(5)19-15-34-24(4)39/h6,9-14,18,20-21,23H,7-8,15-17,19,22H2,1-5H3,(H2,33,35)(H,34,39)/b9-6-,18-14-,25-21+. The van der Waals surface area contributed by atoms with Crippen LogP contribution in [0.1, 0.15) is 68.4 Å². The maximum absolute atomic E-state index is 13.2. The van der Waals surface area contributed by atoms with Gasteiger partial charge in [-0.15, -0.1) is 0 Å². The van der Waals surface area contributed by atoms with E-state index in [4.69, 9.17) is 5.73 Å². The van der Waals surface area contributed by atoms with Crippen molar-refractivity contribution in [2.24, 2.45) is 10.7 Å². The Hall–Kier alpha value is -4.20. The molecule has 1 aromatic rings. The first-order valence-electron chi connectivity index (χ1n) is 13.8. The summed E-state index contributed by atoms with van der Waals surface area (Å²) in [6.45, 7) is 10.1. The summed E-state index contributed by atoms with van der Waals surface area (Å²) in [4.78, 5) is 44.4. The Morgan fingerprint density at radius 1 is 1.10 bits per heavy atom. The van der Waals surface area contributed by atoms with E-state index >= 15 is 0 Å². The van der Waals surface area contributed by atoms with Gasteiger partial charge in [-0.05, 0) is 67.0 Å². The zero-order chi connectivity index (χ0) is 29.5. The molecule has 8 nitrogen and oxygen atoms in total. The van der Waals surface area contributed by atoms with E-state index in [2.05, 4.69) is 24.2 Å². The fourth-order valence-electron chi connectivity index (χ4n) is 4.23. The molecular weight excluding hydrogens is 502 g/mol. The van der Waals surface area contributed by atoms with Gasteiger partial charge < -0.3 is 20.9 Å². The summed E-state index contributed by atoms with van der Waals surface area (Å²) in [5, 5.41) is 2.77. The van der Waals surface area contributed by atoms with Gasteiger partial charge in [-0.3, -0.25) is 14.4 Å². The smallest absolute Gasteiger partial charge is 0.250 e. The first kappa shape index (κ1) is 32.0. The fraction of sp³-hybridized carbons (Fsp3) is 0.375. The Morgan fingerprint density at radius 2 is 1.82 bits per heavy atom. The van der Waals surface area contributed by atoms with Gasteiger partial charge in [0.15, 0.2) is 6.29 Å². The molecule has 3 N–H and O–H groups in total. The lowest BCUT2D eigenvalue weighted by atomic mass is 9.98. The van der Waals surface area contributed by atoms with Crippen LogP contribution in [0.5, 0.6) is 0 Å². The van der Waals surface area contributed by atoms with E-state index in [0.717, 1.165) is 35.8 Å². The van der Waals surface area contributed by atoms with Gasteiger partial charge in [0.05, 0.1) is 5.70 Å². The van der Waals surface area contributed by atoms with Gasteiger partial charge in [-0.2, -0.15) is 0 Å². The molecule has 0 bridgehead atoms. The van der Waals surface area contributed by atoms with Crippen LogP contribution in [-0.2, 0) is 9.59 Å². The lowest BCUT2D eigenvalue weighted by Crippen LogP contribution is -2.34. The predicted molar refractivity (Wildman–Crippen MR) is 165 cm³/mol. The molecule has 0 saturated heterocycles. The molecule has 0 fully saturated rings. The number of nitrogens with two attached hydrogens (primary N) is 1. The van der Waals surface area contributed by atoms with Gasteiger partial charge in [0.25, 0.3) is 0 Å². The van der Waals surface area contributed by atoms with Gasteiger partial charge >= 0.3 is 0 Å². The third-order valence-corrected chi connectivity index (χ3v) is 6.19. The number of aldehydes is 1. The van der Waals surface area contributed by atoms with Crippen LogP contribution in [0.4, 0.5) is 0 Å². The predicted octanol–water partition coefficient (Wildman–Crippen LogP) is 4.72. The number of likely N-dealkylation sites (N-methyl/N-ethyl adjacent to an activating group) is 1. The molecule has 0 aromatic heterocycles. The molecule has 1 aliphatic heterocycles. The van der Waals surface area contributed by atoms with Crippen molar-refractivity contribution >= 4 is 35.6 Å². The van der Waals surface area contributed by atoms with Crippen molar-refractivity contribution in [2.45, 2.75) is 47.0 Å². The van der Waals surface area contributed by atoms with Crippen LogP contribution in [0, 0.1) is 0 Å². The van der Waals surface area contributed by atoms with Crippen LogP contribution >= 0.6 is 0 Å². The van der Waals surface area contributed by atoms with Crippen LogP contribution in [0.15, 0.2) is 71.0 Å². The summed E-state index contributed by atoms with van der Waals surface area (Å²) < 4.78 is 0. The highest BCUT2D eigenvalue weighted by Crippen LogP contribution is 2.24. The van der Waals surface area contributed by atoms with Gasteiger partial charge in [-0.1, -0.05) is 44.2 Å². The number of benzene rings is 1. The minimum absolute atomic E-state index is 0.0000643. The van der Waals surface area contributed by atoms with Crippen LogP contribution in [0.2, 0.25) is 0 Å². The number of carbonyl (C=O) groups is 3. The topological polar surface area (TPSA) is 108 Å². The largest absolute Gasteiger partial charge is 0.387 e. The second kappa shape index (κ2) is 16.7. The third-order valence-electron chi connectivity index (χ3n) is 6.19. The number of nitrogens with one attached hydrogen (secondary N) is 1. The average molecular weight is 546 g/mol. The molecule has 0 radical (unpaired) electrons. The minimum atomic E-state index is -0.0697. The molecule has 2 rings (SSSR count). The van der Waals surface area contributed by atoms with E-state index in [0.29, 0.717) is 55.3 Å². The summed E-state index contributed by atoms with van der Waals surface area (Å²) in [5.74, 6) is 0.314. The lowest BCUT2D eigenvalue weighted by Gasteiger charge is -2.22. The van der Waals surface area contributed by atoms with E-state index in [1.165, 1.54) is 6.92 Å². The van der Waals surface area contributed by atoms with E-state index in [1.54, 1.807) is 6.07 Å². The highest BCUT2D eigenvalue weighted by atomic mass is 16.2. The number of amidine groups is 1. The fourth-order valence-corrected chi connectivity index (χ4v) is 4.23. The number of hydrogen-bond acceptors (Lipinski definition) is 6. The molecule has 0 spiro atoms. The summed E-state index contributed by atoms with van der Waals surface area (Å²) in [7, 11) is 1.91. The molecule has 0 unspecified atom stereocenters. The van der Waals surface area contributed by atoms with E-state index in [-0.39, 0.29) is 11.8 Å².